The van der Waals surface area contributed by atoms with Crippen LogP contribution in [0, 0.1) is 11.3 Å². The van der Waals surface area contributed by atoms with Gasteiger partial charge in [-0.1, -0.05) is 6.07 Å². The molecule has 146 valence electrons. The molecular weight excluding hydrogens is 366 g/mol. The second kappa shape index (κ2) is 9.88. The molecule has 0 atom stereocenters. The minimum atomic E-state index is -0.529. The number of carbonyl (C=O) groups excluding carboxylic acids is 1. The Kier molecular flexibility index (Phi) is 6.76. The van der Waals surface area contributed by atoms with Crippen molar-refractivity contribution in [1.29, 1.82) is 5.26 Å². The van der Waals surface area contributed by atoms with E-state index in [1.54, 1.807) is 24.3 Å². The van der Waals surface area contributed by atoms with Gasteiger partial charge in [0.15, 0.2) is 0 Å². The van der Waals surface area contributed by atoms with Crippen molar-refractivity contribution >= 4 is 6.03 Å². The number of primary amides is 1. The van der Waals surface area contributed by atoms with Gasteiger partial charge < -0.3 is 21.1 Å². The molecule has 0 aliphatic carbocycles. The largest absolute Gasteiger partial charge is 0.457 e. The lowest BCUT2D eigenvalue weighted by Gasteiger charge is -2.09. The Morgan fingerprint density at radius 3 is 2.34 bits per heavy atom. The van der Waals surface area contributed by atoms with Crippen LogP contribution in [0.5, 0.6) is 11.5 Å². The van der Waals surface area contributed by atoms with E-state index in [-0.39, 0.29) is 0 Å². The Morgan fingerprint density at radius 1 is 1.00 bits per heavy atom. The van der Waals surface area contributed by atoms with Crippen LogP contribution in [0.1, 0.15) is 11.3 Å². The molecule has 0 bridgehead atoms. The first-order chi connectivity index (χ1) is 14.1. The van der Waals surface area contributed by atoms with Gasteiger partial charge in [0.25, 0.3) is 0 Å². The minimum absolute atomic E-state index is 0.468. The Morgan fingerprint density at radius 2 is 1.69 bits per heavy atom. The van der Waals surface area contributed by atoms with Gasteiger partial charge in [-0.05, 0) is 60.7 Å². The first-order valence-electron chi connectivity index (χ1n) is 9.12. The molecule has 0 radical (unpaired) electrons. The summed E-state index contributed by atoms with van der Waals surface area (Å²) in [5.74, 6) is 1.38. The molecule has 2 amide bonds. The van der Waals surface area contributed by atoms with E-state index in [0.29, 0.717) is 36.7 Å². The molecule has 0 saturated heterocycles. The van der Waals surface area contributed by atoms with E-state index in [9.17, 15) is 4.79 Å². The normalized spacial score (nSPS) is 10.2. The number of urea groups is 1. The summed E-state index contributed by atoms with van der Waals surface area (Å²) >= 11 is 0. The van der Waals surface area contributed by atoms with Crippen molar-refractivity contribution < 1.29 is 9.53 Å². The fourth-order valence-electron chi connectivity index (χ4n) is 2.66. The Balaban J connectivity index is 1.59. The topological polar surface area (TPSA) is 113 Å². The molecular formula is C22H21N5O2. The third-order valence-corrected chi connectivity index (χ3v) is 4.08. The molecule has 7 nitrogen and oxygen atoms in total. The predicted molar refractivity (Wildman–Crippen MR) is 110 cm³/mol. The van der Waals surface area contributed by atoms with E-state index in [1.807, 2.05) is 42.5 Å². The number of nitrogens with two attached hydrogens (primary N) is 1. The molecule has 1 aromatic heterocycles. The third-order valence-electron chi connectivity index (χ3n) is 4.08. The molecule has 2 aromatic carbocycles. The molecule has 0 unspecified atom stereocenters. The Bertz CT molecular complexity index is 995. The van der Waals surface area contributed by atoms with Crippen molar-refractivity contribution in [2.45, 2.75) is 6.54 Å². The summed E-state index contributed by atoms with van der Waals surface area (Å²) in [7, 11) is 0. The molecule has 0 spiro atoms. The van der Waals surface area contributed by atoms with Crippen LogP contribution in [-0.2, 0) is 6.54 Å². The van der Waals surface area contributed by atoms with E-state index < -0.39 is 6.03 Å². The number of carbonyl (C=O) groups is 1. The summed E-state index contributed by atoms with van der Waals surface area (Å²) in [6, 6.07) is 22.1. The number of amides is 2. The maximum atomic E-state index is 10.6. The number of benzene rings is 2. The number of nitrogens with one attached hydrogen (secondary N) is 2. The van der Waals surface area contributed by atoms with Crippen LogP contribution in [0.15, 0.2) is 66.7 Å². The van der Waals surface area contributed by atoms with Crippen LogP contribution in [0.2, 0.25) is 0 Å². The highest BCUT2D eigenvalue weighted by atomic mass is 16.5. The highest BCUT2D eigenvalue weighted by Crippen LogP contribution is 2.25. The SMILES string of the molecule is N#Cc1ccc(Oc2ccc(-c3cccc(CNCCNC(N)=O)n3)cc2)cc1. The van der Waals surface area contributed by atoms with Crippen molar-refractivity contribution in [3.63, 3.8) is 0 Å². The van der Waals surface area contributed by atoms with Gasteiger partial charge in [0.1, 0.15) is 11.5 Å². The number of pyridine rings is 1. The molecule has 3 aromatic rings. The fraction of sp³-hybridized carbons (Fsp3) is 0.136. The van der Waals surface area contributed by atoms with Gasteiger partial charge in [-0.3, -0.25) is 4.98 Å². The summed E-state index contributed by atoms with van der Waals surface area (Å²) in [5.41, 5.74) is 8.37. The maximum absolute atomic E-state index is 10.6. The van der Waals surface area contributed by atoms with Gasteiger partial charge in [-0.2, -0.15) is 5.26 Å². The quantitative estimate of drug-likeness (QED) is 0.514. The van der Waals surface area contributed by atoms with Crippen LogP contribution < -0.4 is 21.1 Å². The van der Waals surface area contributed by atoms with E-state index in [4.69, 9.17) is 15.7 Å². The summed E-state index contributed by atoms with van der Waals surface area (Å²) in [6.07, 6.45) is 0. The first-order valence-corrected chi connectivity index (χ1v) is 9.12. The van der Waals surface area contributed by atoms with Gasteiger partial charge in [-0.15, -0.1) is 0 Å². The fourth-order valence-corrected chi connectivity index (χ4v) is 2.66. The third kappa shape index (κ3) is 6.06. The van der Waals surface area contributed by atoms with Crippen molar-refractivity contribution in [1.82, 2.24) is 15.6 Å². The molecule has 3 rings (SSSR count). The highest BCUT2D eigenvalue weighted by Gasteiger charge is 2.03. The van der Waals surface area contributed by atoms with Crippen molar-refractivity contribution in [3.8, 4) is 28.8 Å². The first kappa shape index (κ1) is 19.9. The average Bonchev–Trinajstić information content (AvgIpc) is 2.74. The number of rotatable bonds is 8. The lowest BCUT2D eigenvalue weighted by molar-refractivity contribution is 0.249. The summed E-state index contributed by atoms with van der Waals surface area (Å²) in [4.78, 5) is 15.3. The number of hydrogen-bond acceptors (Lipinski definition) is 5. The maximum Gasteiger partial charge on any atom is 0.312 e. The van der Waals surface area contributed by atoms with E-state index >= 15 is 0 Å². The predicted octanol–water partition coefficient (Wildman–Crippen LogP) is 3.17. The van der Waals surface area contributed by atoms with Crippen LogP contribution in [0.4, 0.5) is 4.79 Å². The molecule has 0 aliphatic heterocycles. The van der Waals surface area contributed by atoms with Crippen molar-refractivity contribution in [2.24, 2.45) is 5.73 Å². The zero-order valence-electron chi connectivity index (χ0n) is 15.8. The van der Waals surface area contributed by atoms with Crippen molar-refractivity contribution in [3.05, 3.63) is 78.0 Å². The van der Waals surface area contributed by atoms with Gasteiger partial charge in [-0.25, -0.2) is 4.79 Å². The lowest BCUT2D eigenvalue weighted by Crippen LogP contribution is -2.35. The second-order valence-electron chi connectivity index (χ2n) is 6.24. The summed E-state index contributed by atoms with van der Waals surface area (Å²) < 4.78 is 5.81. The average molecular weight is 387 g/mol. The minimum Gasteiger partial charge on any atom is -0.457 e. The molecule has 1 heterocycles. The highest BCUT2D eigenvalue weighted by molar-refractivity contribution is 5.71. The zero-order chi connectivity index (χ0) is 20.5. The van der Waals surface area contributed by atoms with Crippen LogP contribution in [-0.4, -0.2) is 24.1 Å². The van der Waals surface area contributed by atoms with E-state index in [1.165, 1.54) is 0 Å². The van der Waals surface area contributed by atoms with Gasteiger partial charge in [0, 0.05) is 25.2 Å². The Hall–Kier alpha value is -3.89. The second-order valence-corrected chi connectivity index (χ2v) is 6.24. The number of nitriles is 1. The molecule has 4 N–H and O–H groups in total. The van der Waals surface area contributed by atoms with E-state index in [2.05, 4.69) is 21.7 Å². The standard InChI is InChI=1S/C22H21N5O2/c23-14-16-4-8-19(9-5-16)29-20-10-6-17(7-11-20)21-3-1-2-18(27-21)15-25-12-13-26-22(24)28/h1-11,25H,12-13,15H2,(H3,24,26,28). The van der Waals surface area contributed by atoms with E-state index in [0.717, 1.165) is 17.0 Å². The lowest BCUT2D eigenvalue weighted by atomic mass is 10.1. The van der Waals surface area contributed by atoms with Crippen LogP contribution in [0.3, 0.4) is 0 Å². The molecule has 0 fully saturated rings. The summed E-state index contributed by atoms with van der Waals surface area (Å²) in [6.45, 7) is 1.67. The van der Waals surface area contributed by atoms with Crippen molar-refractivity contribution in [2.75, 3.05) is 13.1 Å². The molecule has 0 saturated carbocycles. The molecule has 7 heteroatoms. The number of ether oxygens (including phenoxy) is 1. The smallest absolute Gasteiger partial charge is 0.312 e. The number of aromatic nitrogens is 1. The van der Waals surface area contributed by atoms with Gasteiger partial charge in [0.05, 0.1) is 23.0 Å². The summed E-state index contributed by atoms with van der Waals surface area (Å²) in [5, 5.41) is 14.6. The molecule has 29 heavy (non-hydrogen) atoms. The molecule has 0 aliphatic rings. The number of hydrogen-bond donors (Lipinski definition) is 3. The zero-order valence-corrected chi connectivity index (χ0v) is 15.8. The number of nitrogens with zero attached hydrogens (tertiary/aromatic N) is 2. The van der Waals surface area contributed by atoms with Gasteiger partial charge >= 0.3 is 6.03 Å². The van der Waals surface area contributed by atoms with Crippen LogP contribution >= 0.6 is 0 Å². The monoisotopic (exact) mass is 387 g/mol. The van der Waals surface area contributed by atoms with Gasteiger partial charge in [0.2, 0.25) is 0 Å². The Labute approximate surface area is 169 Å². The van der Waals surface area contributed by atoms with Crippen LogP contribution in [0.25, 0.3) is 11.3 Å².